The predicted octanol–water partition coefficient (Wildman–Crippen LogP) is 5.52. The summed E-state index contributed by atoms with van der Waals surface area (Å²) in [4.78, 5) is 5.69. The Bertz CT molecular complexity index is 563. The van der Waals surface area contributed by atoms with Gasteiger partial charge in [0.05, 0.1) is 24.0 Å². The van der Waals surface area contributed by atoms with Crippen molar-refractivity contribution in [1.29, 1.82) is 0 Å². The Kier molecular flexibility index (Phi) is 3.53. The van der Waals surface area contributed by atoms with E-state index >= 15 is 0 Å². The third kappa shape index (κ3) is 2.24. The molecule has 0 aliphatic carbocycles. The van der Waals surface area contributed by atoms with Gasteiger partial charge in [0.2, 0.25) is 5.82 Å². The number of halogens is 7. The maximum Gasteiger partial charge on any atom is 0.449 e. The van der Waals surface area contributed by atoms with E-state index in [0.717, 1.165) is 0 Å². The number of aromatic amines is 1. The van der Waals surface area contributed by atoms with Gasteiger partial charge in [0, 0.05) is 0 Å². The highest BCUT2D eigenvalue weighted by atomic mass is 79.9. The van der Waals surface area contributed by atoms with Crippen LogP contribution < -0.4 is 0 Å². The fourth-order valence-corrected chi connectivity index (χ4v) is 3.16. The van der Waals surface area contributed by atoms with Crippen molar-refractivity contribution in [3.8, 4) is 0 Å². The van der Waals surface area contributed by atoms with E-state index in [1.807, 2.05) is 0 Å². The summed E-state index contributed by atoms with van der Waals surface area (Å²) in [5.74, 6) is -1.07. The molecular weight excluding hydrogens is 456 g/mol. The van der Waals surface area contributed by atoms with Gasteiger partial charge in [-0.3, -0.25) is 0 Å². The molecule has 0 aliphatic rings. The van der Waals surface area contributed by atoms with Crippen LogP contribution in [0.5, 0.6) is 0 Å². The van der Waals surface area contributed by atoms with E-state index in [4.69, 9.17) is 11.6 Å². The number of hydrogen-bond acceptors (Lipinski definition) is 1. The van der Waals surface area contributed by atoms with Crippen LogP contribution in [-0.2, 0) is 6.18 Å². The van der Waals surface area contributed by atoms with Gasteiger partial charge in [-0.05, 0) is 47.8 Å². The molecule has 0 amide bonds. The number of nitrogens with zero attached hydrogens (tertiary/aromatic N) is 1. The first-order valence-electron chi connectivity index (χ1n) is 4.02. The number of H-pyrrole nitrogens is 1. The molecular formula is C8HBr3ClF3N2. The van der Waals surface area contributed by atoms with Crippen LogP contribution in [0.25, 0.3) is 11.0 Å². The van der Waals surface area contributed by atoms with Gasteiger partial charge >= 0.3 is 6.18 Å². The normalized spacial score (nSPS) is 12.4. The molecule has 0 saturated carbocycles. The molecule has 17 heavy (non-hydrogen) atoms. The highest BCUT2D eigenvalue weighted by Gasteiger charge is 2.35. The molecule has 9 heteroatoms. The third-order valence-electron chi connectivity index (χ3n) is 1.98. The molecule has 0 spiro atoms. The number of rotatable bonds is 0. The van der Waals surface area contributed by atoms with Crippen LogP contribution in [0.1, 0.15) is 5.82 Å². The van der Waals surface area contributed by atoms with Gasteiger partial charge in [-0.1, -0.05) is 11.6 Å². The predicted molar refractivity (Wildman–Crippen MR) is 69.2 cm³/mol. The van der Waals surface area contributed by atoms with Gasteiger partial charge in [0.25, 0.3) is 0 Å². The van der Waals surface area contributed by atoms with Crippen LogP contribution in [0.2, 0.25) is 5.02 Å². The summed E-state index contributed by atoms with van der Waals surface area (Å²) in [5.41, 5.74) is 0.345. The zero-order chi connectivity index (χ0) is 13.0. The van der Waals surface area contributed by atoms with Crippen LogP contribution in [0.3, 0.4) is 0 Å². The lowest BCUT2D eigenvalue weighted by molar-refractivity contribution is -0.144. The molecule has 2 aromatic rings. The van der Waals surface area contributed by atoms with Gasteiger partial charge in [0.15, 0.2) is 0 Å². The summed E-state index contributed by atoms with van der Waals surface area (Å²) < 4.78 is 38.7. The van der Waals surface area contributed by atoms with E-state index in [1.54, 1.807) is 0 Å². The van der Waals surface area contributed by atoms with Crippen LogP contribution in [-0.4, -0.2) is 9.97 Å². The Morgan fingerprint density at radius 1 is 1.06 bits per heavy atom. The minimum atomic E-state index is -4.53. The van der Waals surface area contributed by atoms with Gasteiger partial charge in [0.1, 0.15) is 5.52 Å². The Labute approximate surface area is 123 Å². The summed E-state index contributed by atoms with van der Waals surface area (Å²) in [5, 5.41) is 0.266. The fourth-order valence-electron chi connectivity index (χ4n) is 1.23. The van der Waals surface area contributed by atoms with Crippen LogP contribution in [0.4, 0.5) is 13.2 Å². The second kappa shape index (κ2) is 4.40. The van der Waals surface area contributed by atoms with Crippen molar-refractivity contribution in [2.75, 3.05) is 0 Å². The number of imidazole rings is 1. The van der Waals surface area contributed by atoms with E-state index < -0.39 is 12.0 Å². The standard InChI is InChI=1S/C8HBr3ClF3N2/c9-1-2(10)5-6(3(11)4(1)12)17-7(16-5)8(13,14)15/h(H,16,17). The highest BCUT2D eigenvalue weighted by molar-refractivity contribution is 9.13. The molecule has 0 atom stereocenters. The molecule has 2 rings (SSSR count). The molecule has 0 unspecified atom stereocenters. The van der Waals surface area contributed by atoms with Crippen LogP contribution in [0.15, 0.2) is 13.4 Å². The zero-order valence-electron chi connectivity index (χ0n) is 7.59. The molecule has 1 N–H and O–H groups in total. The first kappa shape index (κ1) is 13.6. The van der Waals surface area contributed by atoms with Crippen molar-refractivity contribution in [2.24, 2.45) is 0 Å². The smallest absolute Gasteiger partial charge is 0.333 e. The van der Waals surface area contributed by atoms with Gasteiger partial charge < -0.3 is 4.98 Å². The molecule has 0 bridgehead atoms. The van der Waals surface area contributed by atoms with E-state index in [1.165, 1.54) is 0 Å². The molecule has 1 aromatic carbocycles. The Morgan fingerprint density at radius 2 is 1.65 bits per heavy atom. The number of aromatic nitrogens is 2. The van der Waals surface area contributed by atoms with E-state index in [2.05, 4.69) is 57.8 Å². The molecule has 0 saturated heterocycles. The second-order valence-electron chi connectivity index (χ2n) is 3.06. The topological polar surface area (TPSA) is 28.7 Å². The van der Waals surface area contributed by atoms with Crippen molar-refractivity contribution in [3.05, 3.63) is 24.3 Å². The summed E-state index contributed by atoms with van der Waals surface area (Å²) in [7, 11) is 0. The van der Waals surface area contributed by atoms with Gasteiger partial charge in [-0.2, -0.15) is 13.2 Å². The average molecular weight is 457 g/mol. The Morgan fingerprint density at radius 3 is 2.18 bits per heavy atom. The lowest BCUT2D eigenvalue weighted by Gasteiger charge is -2.03. The molecule has 0 fully saturated rings. The summed E-state index contributed by atoms with van der Waals surface area (Å²) in [6, 6.07) is 0. The first-order valence-corrected chi connectivity index (χ1v) is 6.78. The van der Waals surface area contributed by atoms with Crippen molar-refractivity contribution < 1.29 is 13.2 Å². The van der Waals surface area contributed by atoms with Crippen LogP contribution in [0, 0.1) is 0 Å². The molecule has 2 nitrogen and oxygen atoms in total. The molecule has 1 heterocycles. The summed E-state index contributed by atoms with van der Waals surface area (Å²) in [6.07, 6.45) is -4.53. The minimum absolute atomic E-state index is 0.153. The summed E-state index contributed by atoms with van der Waals surface area (Å²) in [6.45, 7) is 0. The number of hydrogen-bond donors (Lipinski definition) is 1. The van der Waals surface area contributed by atoms with Crippen molar-refractivity contribution in [3.63, 3.8) is 0 Å². The highest BCUT2D eigenvalue weighted by Crippen LogP contribution is 2.43. The number of alkyl halides is 3. The Hall–Kier alpha value is 0.210. The lowest BCUT2D eigenvalue weighted by Crippen LogP contribution is -2.06. The molecule has 92 valence electrons. The maximum absolute atomic E-state index is 12.5. The monoisotopic (exact) mass is 454 g/mol. The maximum atomic E-state index is 12.5. The van der Waals surface area contributed by atoms with E-state index in [-0.39, 0.29) is 16.1 Å². The zero-order valence-corrected chi connectivity index (χ0v) is 13.1. The minimum Gasteiger partial charge on any atom is -0.333 e. The quantitative estimate of drug-likeness (QED) is 0.410. The third-order valence-corrected chi connectivity index (χ3v) is 5.70. The molecule has 0 radical (unpaired) electrons. The fraction of sp³-hybridized carbons (Fsp3) is 0.125. The number of benzene rings is 1. The van der Waals surface area contributed by atoms with Crippen molar-refractivity contribution >= 4 is 70.4 Å². The second-order valence-corrected chi connectivity index (χ2v) is 5.82. The Balaban J connectivity index is 2.86. The van der Waals surface area contributed by atoms with Crippen molar-refractivity contribution in [2.45, 2.75) is 6.18 Å². The van der Waals surface area contributed by atoms with Gasteiger partial charge in [-0.15, -0.1) is 0 Å². The van der Waals surface area contributed by atoms with Gasteiger partial charge in [-0.25, -0.2) is 4.98 Å². The van der Waals surface area contributed by atoms with Crippen molar-refractivity contribution in [1.82, 2.24) is 9.97 Å². The summed E-state index contributed by atoms with van der Waals surface area (Å²) >= 11 is 15.4. The van der Waals surface area contributed by atoms with E-state index in [0.29, 0.717) is 13.4 Å². The SMILES string of the molecule is FC(F)(F)c1nc2c(Br)c(Br)c(Cl)c(Br)c2[nH]1. The van der Waals surface area contributed by atoms with E-state index in [9.17, 15) is 13.2 Å². The number of fused-ring (bicyclic) bond motifs is 1. The van der Waals surface area contributed by atoms with Crippen LogP contribution >= 0.6 is 59.4 Å². The molecule has 0 aliphatic heterocycles. The molecule has 1 aromatic heterocycles. The number of nitrogens with one attached hydrogen (secondary N) is 1. The first-order chi connectivity index (χ1) is 7.73. The lowest BCUT2D eigenvalue weighted by atomic mass is 10.3. The average Bonchev–Trinajstić information content (AvgIpc) is 2.67. The largest absolute Gasteiger partial charge is 0.449 e.